The summed E-state index contributed by atoms with van der Waals surface area (Å²) in [5, 5.41) is 11.6. The lowest BCUT2D eigenvalue weighted by molar-refractivity contribution is -0.132. The van der Waals surface area contributed by atoms with Crippen LogP contribution in [0.25, 0.3) is 5.76 Å². The van der Waals surface area contributed by atoms with E-state index in [9.17, 15) is 14.7 Å². The van der Waals surface area contributed by atoms with Gasteiger partial charge in [-0.15, -0.1) is 0 Å². The Morgan fingerprint density at radius 3 is 2.45 bits per heavy atom. The van der Waals surface area contributed by atoms with Gasteiger partial charge in [0.25, 0.3) is 11.7 Å². The van der Waals surface area contributed by atoms with E-state index >= 15 is 0 Å². The quantitative estimate of drug-likeness (QED) is 0.366. The highest BCUT2D eigenvalue weighted by Gasteiger charge is 2.48. The van der Waals surface area contributed by atoms with Crippen LogP contribution in [-0.2, 0) is 9.59 Å². The number of aliphatic hydroxyl groups is 1. The molecule has 0 aliphatic carbocycles. The molecule has 156 valence electrons. The highest BCUT2D eigenvalue weighted by Crippen LogP contribution is 2.42. The van der Waals surface area contributed by atoms with Crippen molar-refractivity contribution in [2.45, 2.75) is 13.0 Å². The Kier molecular flexibility index (Phi) is 5.48. The van der Waals surface area contributed by atoms with Crippen LogP contribution in [0.4, 0.5) is 5.69 Å². The maximum atomic E-state index is 13.1. The molecule has 1 unspecified atom stereocenters. The van der Waals surface area contributed by atoms with E-state index in [1.807, 2.05) is 0 Å². The third-order valence-corrected chi connectivity index (χ3v) is 5.43. The number of hydrogen-bond acceptors (Lipinski definition) is 5. The number of carbonyl (C=O) groups excluding carboxylic acids is 2. The number of amides is 1. The van der Waals surface area contributed by atoms with Crippen molar-refractivity contribution >= 4 is 34.7 Å². The Labute approximate surface area is 184 Å². The average molecular weight is 435 g/mol. The van der Waals surface area contributed by atoms with E-state index in [0.29, 0.717) is 27.7 Å². The minimum absolute atomic E-state index is 0.0248. The third kappa shape index (κ3) is 3.66. The van der Waals surface area contributed by atoms with E-state index in [1.54, 1.807) is 73.8 Å². The fourth-order valence-corrected chi connectivity index (χ4v) is 3.92. The molecular formula is C24H19ClN2O4. The summed E-state index contributed by atoms with van der Waals surface area (Å²) in [6, 6.07) is 16.0. The lowest BCUT2D eigenvalue weighted by Gasteiger charge is -2.26. The summed E-state index contributed by atoms with van der Waals surface area (Å²) in [5.74, 6) is -1.18. The van der Waals surface area contributed by atoms with Crippen molar-refractivity contribution in [1.29, 1.82) is 0 Å². The van der Waals surface area contributed by atoms with Gasteiger partial charge in [-0.25, -0.2) is 0 Å². The maximum absolute atomic E-state index is 13.1. The number of ketones is 1. The summed E-state index contributed by atoms with van der Waals surface area (Å²) >= 11 is 6.08. The van der Waals surface area contributed by atoms with Gasteiger partial charge in [-0.1, -0.05) is 17.7 Å². The molecule has 0 bridgehead atoms. The zero-order chi connectivity index (χ0) is 22.1. The van der Waals surface area contributed by atoms with Gasteiger partial charge in [-0.2, -0.15) is 0 Å². The van der Waals surface area contributed by atoms with E-state index in [2.05, 4.69) is 4.98 Å². The Morgan fingerprint density at radius 1 is 1.10 bits per heavy atom. The first-order valence-electron chi connectivity index (χ1n) is 9.55. The number of rotatable bonds is 4. The first-order valence-corrected chi connectivity index (χ1v) is 9.92. The van der Waals surface area contributed by atoms with Gasteiger partial charge in [0.1, 0.15) is 17.6 Å². The van der Waals surface area contributed by atoms with Gasteiger partial charge in [0.05, 0.1) is 18.4 Å². The van der Waals surface area contributed by atoms with Gasteiger partial charge in [0.15, 0.2) is 0 Å². The van der Waals surface area contributed by atoms with Crippen LogP contribution in [0.5, 0.6) is 5.75 Å². The normalized spacial score (nSPS) is 17.8. The number of benzene rings is 2. The second-order valence-electron chi connectivity index (χ2n) is 7.08. The molecule has 2 heterocycles. The fourth-order valence-electron chi connectivity index (χ4n) is 3.69. The minimum atomic E-state index is -0.886. The van der Waals surface area contributed by atoms with Gasteiger partial charge >= 0.3 is 0 Å². The number of aryl methyl sites for hydroxylation is 1. The summed E-state index contributed by atoms with van der Waals surface area (Å²) in [5.41, 5.74) is 2.08. The number of aromatic nitrogens is 1. The molecule has 6 nitrogen and oxygen atoms in total. The van der Waals surface area contributed by atoms with Crippen molar-refractivity contribution in [3.05, 3.63) is 94.3 Å². The number of nitrogens with zero attached hydrogens (tertiary/aromatic N) is 2. The highest BCUT2D eigenvalue weighted by molar-refractivity contribution is 6.51. The molecule has 1 aliphatic heterocycles. The number of methoxy groups -OCH3 is 1. The Balaban J connectivity index is 1.93. The monoisotopic (exact) mass is 434 g/mol. The second-order valence-corrected chi connectivity index (χ2v) is 7.52. The van der Waals surface area contributed by atoms with Crippen molar-refractivity contribution in [2.24, 2.45) is 0 Å². The molecule has 1 aliphatic rings. The SMILES string of the molecule is COc1ccc(/C(O)=C2\C(=O)C(=O)N(c3ccc(Cl)cc3C)C2c2ccccn2)cc1. The van der Waals surface area contributed by atoms with Gasteiger partial charge in [-0.05, 0) is 67.1 Å². The molecule has 4 rings (SSSR count). The third-order valence-electron chi connectivity index (χ3n) is 5.19. The zero-order valence-corrected chi connectivity index (χ0v) is 17.6. The lowest BCUT2D eigenvalue weighted by Crippen LogP contribution is -2.30. The van der Waals surface area contributed by atoms with Crippen LogP contribution in [-0.4, -0.2) is 28.9 Å². The van der Waals surface area contributed by atoms with Gasteiger partial charge in [0, 0.05) is 22.5 Å². The van der Waals surface area contributed by atoms with Crippen molar-refractivity contribution in [2.75, 3.05) is 12.0 Å². The number of ether oxygens (including phenoxy) is 1. The van der Waals surface area contributed by atoms with Crippen LogP contribution in [0.15, 0.2) is 72.4 Å². The predicted molar refractivity (Wildman–Crippen MR) is 118 cm³/mol. The number of Topliss-reactive ketones (excluding diaryl/α,β-unsaturated/α-hetero) is 1. The van der Waals surface area contributed by atoms with Crippen molar-refractivity contribution < 1.29 is 19.4 Å². The summed E-state index contributed by atoms with van der Waals surface area (Å²) in [6.07, 6.45) is 1.58. The Bertz CT molecular complexity index is 1190. The number of carbonyl (C=O) groups is 2. The van der Waals surface area contributed by atoms with Crippen LogP contribution in [0.1, 0.15) is 22.9 Å². The zero-order valence-electron chi connectivity index (χ0n) is 16.9. The molecule has 2 aromatic carbocycles. The molecule has 1 fully saturated rings. The molecule has 1 aromatic heterocycles. The largest absolute Gasteiger partial charge is 0.507 e. The minimum Gasteiger partial charge on any atom is -0.507 e. The smallest absolute Gasteiger partial charge is 0.300 e. The maximum Gasteiger partial charge on any atom is 0.300 e. The number of pyridine rings is 1. The first kappa shape index (κ1) is 20.6. The van der Waals surface area contributed by atoms with Crippen molar-refractivity contribution in [3.63, 3.8) is 0 Å². The molecule has 1 saturated heterocycles. The van der Waals surface area contributed by atoms with Gasteiger partial charge in [-0.3, -0.25) is 19.5 Å². The van der Waals surface area contributed by atoms with E-state index in [0.717, 1.165) is 5.56 Å². The van der Waals surface area contributed by atoms with Gasteiger partial charge in [0.2, 0.25) is 0 Å². The average Bonchev–Trinajstić information content (AvgIpc) is 3.04. The molecule has 1 atom stereocenters. The number of hydrogen-bond donors (Lipinski definition) is 1. The molecule has 1 amide bonds. The van der Waals surface area contributed by atoms with Crippen molar-refractivity contribution in [3.8, 4) is 5.75 Å². The predicted octanol–water partition coefficient (Wildman–Crippen LogP) is 4.68. The number of anilines is 1. The van der Waals surface area contributed by atoms with E-state index in [-0.39, 0.29) is 11.3 Å². The molecule has 31 heavy (non-hydrogen) atoms. The van der Waals surface area contributed by atoms with Crippen molar-refractivity contribution in [1.82, 2.24) is 4.98 Å². The van der Waals surface area contributed by atoms with Crippen LogP contribution in [0.2, 0.25) is 5.02 Å². The molecule has 0 radical (unpaired) electrons. The molecule has 3 aromatic rings. The van der Waals surface area contributed by atoms with Crippen LogP contribution in [0, 0.1) is 6.92 Å². The summed E-state index contributed by atoms with van der Waals surface area (Å²) in [6.45, 7) is 1.81. The summed E-state index contributed by atoms with van der Waals surface area (Å²) in [7, 11) is 1.54. The Morgan fingerprint density at radius 2 is 1.84 bits per heavy atom. The molecule has 0 saturated carbocycles. The molecular weight excluding hydrogens is 416 g/mol. The van der Waals surface area contributed by atoms with E-state index < -0.39 is 17.7 Å². The Hall–Kier alpha value is -3.64. The first-order chi connectivity index (χ1) is 14.9. The van der Waals surface area contributed by atoms with Crippen LogP contribution < -0.4 is 9.64 Å². The summed E-state index contributed by atoms with van der Waals surface area (Å²) in [4.78, 5) is 32.0. The van der Waals surface area contributed by atoms with Crippen LogP contribution in [0.3, 0.4) is 0 Å². The lowest BCUT2D eigenvalue weighted by atomic mass is 9.98. The molecule has 1 N–H and O–H groups in total. The fraction of sp³-hybridized carbons (Fsp3) is 0.125. The topological polar surface area (TPSA) is 79.7 Å². The molecule has 7 heteroatoms. The summed E-state index contributed by atoms with van der Waals surface area (Å²) < 4.78 is 5.15. The van der Waals surface area contributed by atoms with Crippen LogP contribution >= 0.6 is 11.6 Å². The van der Waals surface area contributed by atoms with Gasteiger partial charge < -0.3 is 9.84 Å². The highest BCUT2D eigenvalue weighted by atomic mass is 35.5. The standard InChI is InChI=1S/C24H19ClN2O4/c1-14-13-16(25)8-11-19(14)27-21(18-5-3-4-12-26-18)20(23(29)24(27)30)22(28)15-6-9-17(31-2)10-7-15/h3-13,21,28H,1-2H3/b22-20+. The number of halogens is 1. The number of aliphatic hydroxyl groups excluding tert-OH is 1. The molecule has 0 spiro atoms. The second kappa shape index (κ2) is 8.24. The van der Waals surface area contributed by atoms with E-state index in [1.165, 1.54) is 12.0 Å². The van der Waals surface area contributed by atoms with E-state index in [4.69, 9.17) is 16.3 Å².